The van der Waals surface area contributed by atoms with Crippen molar-refractivity contribution in [1.82, 2.24) is 0 Å². The number of methoxy groups -OCH3 is 1. The van der Waals surface area contributed by atoms with Crippen LogP contribution in [-0.2, 0) is 0 Å². The van der Waals surface area contributed by atoms with Gasteiger partial charge in [0, 0.05) is 16.6 Å². The predicted molar refractivity (Wildman–Crippen MR) is 56.6 cm³/mol. The Morgan fingerprint density at radius 2 is 2.14 bits per heavy atom. The molecule has 0 spiro atoms. The molecule has 14 heavy (non-hydrogen) atoms. The van der Waals surface area contributed by atoms with E-state index >= 15 is 0 Å². The Balaban J connectivity index is 3.05. The summed E-state index contributed by atoms with van der Waals surface area (Å²) < 4.78 is 5.03. The maximum absolute atomic E-state index is 9.73. The molecule has 3 N–H and O–H groups in total. The minimum Gasteiger partial charge on any atom is -0.497 e. The topological polar surface area (TPSA) is 55.5 Å². The van der Waals surface area contributed by atoms with Crippen molar-refractivity contribution in [2.24, 2.45) is 5.73 Å². The summed E-state index contributed by atoms with van der Waals surface area (Å²) in [6.07, 6.45) is -0.766. The van der Waals surface area contributed by atoms with E-state index in [1.165, 1.54) is 0 Å². The van der Waals surface area contributed by atoms with E-state index in [0.717, 1.165) is 0 Å². The summed E-state index contributed by atoms with van der Waals surface area (Å²) in [5.41, 5.74) is 6.18. The number of benzene rings is 1. The predicted octanol–water partition coefficient (Wildman–Crippen LogP) is 1.73. The molecule has 0 saturated heterocycles. The van der Waals surface area contributed by atoms with Crippen LogP contribution in [0.3, 0.4) is 0 Å². The Bertz CT molecular complexity index is 315. The van der Waals surface area contributed by atoms with Gasteiger partial charge in [-0.15, -0.1) is 0 Å². The van der Waals surface area contributed by atoms with Crippen LogP contribution >= 0.6 is 11.6 Å². The zero-order valence-electron chi connectivity index (χ0n) is 8.20. The zero-order valence-corrected chi connectivity index (χ0v) is 8.95. The molecular weight excluding hydrogens is 202 g/mol. The van der Waals surface area contributed by atoms with Crippen LogP contribution in [0.4, 0.5) is 0 Å². The summed E-state index contributed by atoms with van der Waals surface area (Å²) in [6.45, 7) is 1.72. The van der Waals surface area contributed by atoms with E-state index in [2.05, 4.69) is 0 Å². The standard InChI is InChI=1S/C10H14ClNO2/c1-6(12)10(13)8-5-7(14-2)3-4-9(8)11/h3-6,10,13H,12H2,1-2H3. The minimum atomic E-state index is -0.766. The van der Waals surface area contributed by atoms with Gasteiger partial charge in [0.25, 0.3) is 0 Å². The van der Waals surface area contributed by atoms with Crippen LogP contribution in [0.2, 0.25) is 5.02 Å². The fourth-order valence-corrected chi connectivity index (χ4v) is 1.39. The molecule has 0 aliphatic heterocycles. The van der Waals surface area contributed by atoms with Crippen LogP contribution in [0, 0.1) is 0 Å². The van der Waals surface area contributed by atoms with Crippen molar-refractivity contribution in [3.8, 4) is 5.75 Å². The molecule has 0 fully saturated rings. The highest BCUT2D eigenvalue weighted by Crippen LogP contribution is 2.28. The van der Waals surface area contributed by atoms with Crippen molar-refractivity contribution >= 4 is 11.6 Å². The number of rotatable bonds is 3. The summed E-state index contributed by atoms with van der Waals surface area (Å²) in [5.74, 6) is 0.657. The van der Waals surface area contributed by atoms with E-state index in [4.69, 9.17) is 22.1 Å². The first-order valence-electron chi connectivity index (χ1n) is 4.33. The molecule has 0 bridgehead atoms. The van der Waals surface area contributed by atoms with E-state index in [0.29, 0.717) is 16.3 Å². The largest absolute Gasteiger partial charge is 0.497 e. The third kappa shape index (κ3) is 2.38. The van der Waals surface area contributed by atoms with Gasteiger partial charge in [-0.1, -0.05) is 11.6 Å². The van der Waals surface area contributed by atoms with Crippen LogP contribution in [0.25, 0.3) is 0 Å². The van der Waals surface area contributed by atoms with E-state index in [1.807, 2.05) is 0 Å². The Hall–Kier alpha value is -0.770. The summed E-state index contributed by atoms with van der Waals surface area (Å²) >= 11 is 5.92. The SMILES string of the molecule is COc1ccc(Cl)c(C(O)C(C)N)c1. The second-order valence-electron chi connectivity index (χ2n) is 3.19. The maximum atomic E-state index is 9.73. The maximum Gasteiger partial charge on any atom is 0.119 e. The molecule has 2 unspecified atom stereocenters. The highest BCUT2D eigenvalue weighted by molar-refractivity contribution is 6.31. The van der Waals surface area contributed by atoms with Crippen LogP contribution < -0.4 is 10.5 Å². The van der Waals surface area contributed by atoms with Crippen molar-refractivity contribution in [2.45, 2.75) is 19.1 Å². The van der Waals surface area contributed by atoms with Crippen molar-refractivity contribution in [2.75, 3.05) is 7.11 Å². The lowest BCUT2D eigenvalue weighted by Gasteiger charge is -2.16. The van der Waals surface area contributed by atoms with E-state index < -0.39 is 6.10 Å². The fourth-order valence-electron chi connectivity index (χ4n) is 1.16. The number of halogens is 1. The third-order valence-electron chi connectivity index (χ3n) is 2.02. The van der Waals surface area contributed by atoms with E-state index in [1.54, 1.807) is 32.2 Å². The van der Waals surface area contributed by atoms with Gasteiger partial charge in [0.15, 0.2) is 0 Å². The van der Waals surface area contributed by atoms with Gasteiger partial charge in [-0.05, 0) is 25.1 Å². The quantitative estimate of drug-likeness (QED) is 0.808. The molecule has 0 heterocycles. The molecule has 0 saturated carbocycles. The van der Waals surface area contributed by atoms with Gasteiger partial charge in [-0.3, -0.25) is 0 Å². The summed E-state index contributed by atoms with van der Waals surface area (Å²) in [5, 5.41) is 10.2. The first kappa shape index (κ1) is 11.3. The normalized spacial score (nSPS) is 14.9. The Morgan fingerprint density at radius 3 is 2.64 bits per heavy atom. The van der Waals surface area contributed by atoms with E-state index in [-0.39, 0.29) is 6.04 Å². The Kier molecular flexibility index (Phi) is 3.75. The molecule has 1 rings (SSSR count). The molecular formula is C10H14ClNO2. The van der Waals surface area contributed by atoms with Gasteiger partial charge in [-0.25, -0.2) is 0 Å². The molecule has 0 aliphatic rings. The molecule has 0 radical (unpaired) electrons. The number of hydrogen-bond donors (Lipinski definition) is 2. The lowest BCUT2D eigenvalue weighted by Crippen LogP contribution is -2.24. The van der Waals surface area contributed by atoms with Gasteiger partial charge in [0.1, 0.15) is 5.75 Å². The first-order valence-corrected chi connectivity index (χ1v) is 4.71. The van der Waals surface area contributed by atoms with Crippen molar-refractivity contribution in [3.63, 3.8) is 0 Å². The van der Waals surface area contributed by atoms with E-state index in [9.17, 15) is 5.11 Å². The Labute approximate surface area is 88.4 Å². The molecule has 1 aromatic rings. The van der Waals surface area contributed by atoms with Crippen molar-refractivity contribution in [1.29, 1.82) is 0 Å². The van der Waals surface area contributed by atoms with Gasteiger partial charge in [0.05, 0.1) is 13.2 Å². The highest BCUT2D eigenvalue weighted by atomic mass is 35.5. The monoisotopic (exact) mass is 215 g/mol. The second kappa shape index (κ2) is 4.64. The fraction of sp³-hybridized carbons (Fsp3) is 0.400. The van der Waals surface area contributed by atoms with Gasteiger partial charge in [0.2, 0.25) is 0 Å². The van der Waals surface area contributed by atoms with Crippen molar-refractivity contribution in [3.05, 3.63) is 28.8 Å². The number of ether oxygens (including phenoxy) is 1. The summed E-state index contributed by atoms with van der Waals surface area (Å²) in [7, 11) is 1.56. The summed E-state index contributed by atoms with van der Waals surface area (Å²) in [4.78, 5) is 0. The lowest BCUT2D eigenvalue weighted by molar-refractivity contribution is 0.153. The molecule has 0 amide bonds. The second-order valence-corrected chi connectivity index (χ2v) is 3.60. The lowest BCUT2D eigenvalue weighted by atomic mass is 10.0. The van der Waals surface area contributed by atoms with Gasteiger partial charge >= 0.3 is 0 Å². The van der Waals surface area contributed by atoms with Crippen LogP contribution in [0.15, 0.2) is 18.2 Å². The number of aliphatic hydroxyl groups is 1. The van der Waals surface area contributed by atoms with Gasteiger partial charge in [-0.2, -0.15) is 0 Å². The smallest absolute Gasteiger partial charge is 0.119 e. The van der Waals surface area contributed by atoms with Crippen LogP contribution in [-0.4, -0.2) is 18.3 Å². The highest BCUT2D eigenvalue weighted by Gasteiger charge is 2.16. The third-order valence-corrected chi connectivity index (χ3v) is 2.36. The molecule has 3 nitrogen and oxygen atoms in total. The van der Waals surface area contributed by atoms with Crippen LogP contribution in [0.1, 0.15) is 18.6 Å². The number of hydrogen-bond acceptors (Lipinski definition) is 3. The number of aliphatic hydroxyl groups excluding tert-OH is 1. The molecule has 78 valence electrons. The average Bonchev–Trinajstić information content (AvgIpc) is 2.17. The molecule has 2 atom stereocenters. The molecule has 0 aliphatic carbocycles. The minimum absolute atomic E-state index is 0.361. The molecule has 1 aromatic carbocycles. The van der Waals surface area contributed by atoms with Crippen LogP contribution in [0.5, 0.6) is 5.75 Å². The Morgan fingerprint density at radius 1 is 1.50 bits per heavy atom. The zero-order chi connectivity index (χ0) is 10.7. The first-order chi connectivity index (χ1) is 6.56. The van der Waals surface area contributed by atoms with Crippen molar-refractivity contribution < 1.29 is 9.84 Å². The average molecular weight is 216 g/mol. The van der Waals surface area contributed by atoms with Gasteiger partial charge < -0.3 is 15.6 Å². The molecule has 0 aromatic heterocycles. The number of nitrogens with two attached hydrogens (primary N) is 1. The molecule has 4 heteroatoms. The summed E-state index contributed by atoms with van der Waals surface area (Å²) in [6, 6.07) is 4.75.